The van der Waals surface area contributed by atoms with E-state index >= 15 is 0 Å². The standard InChI is InChI=1S/C8H14/c1-4-6-8(3)7-5-2/h4H,1,3,5-7H2,2H3. The Kier molecular flexibility index (Phi) is 4.33. The predicted octanol–water partition coefficient (Wildman–Crippen LogP) is 2.92. The first-order chi connectivity index (χ1) is 3.81. The van der Waals surface area contributed by atoms with Gasteiger partial charge in [0.05, 0.1) is 0 Å². The molecule has 0 saturated heterocycles. The molecule has 0 aromatic rings. The molecule has 0 heterocycles. The zero-order valence-electron chi connectivity index (χ0n) is 5.61. The van der Waals surface area contributed by atoms with Crippen molar-refractivity contribution in [3.05, 3.63) is 24.8 Å². The zero-order chi connectivity index (χ0) is 6.41. The Balaban J connectivity index is 3.18. The highest BCUT2D eigenvalue weighted by Gasteiger charge is 1.85. The van der Waals surface area contributed by atoms with E-state index in [0.717, 1.165) is 12.8 Å². The van der Waals surface area contributed by atoms with Crippen LogP contribution in [0.2, 0.25) is 0 Å². The van der Waals surface area contributed by atoms with Gasteiger partial charge in [-0.25, -0.2) is 0 Å². The van der Waals surface area contributed by atoms with Crippen LogP contribution in [0.3, 0.4) is 0 Å². The third-order valence-electron chi connectivity index (χ3n) is 1.04. The van der Waals surface area contributed by atoms with Crippen LogP contribution in [0.25, 0.3) is 0 Å². The van der Waals surface area contributed by atoms with Crippen LogP contribution >= 0.6 is 0 Å². The fraction of sp³-hybridized carbons (Fsp3) is 0.500. The van der Waals surface area contributed by atoms with Gasteiger partial charge in [0, 0.05) is 0 Å². The lowest BCUT2D eigenvalue weighted by atomic mass is 10.1. The van der Waals surface area contributed by atoms with Crippen molar-refractivity contribution < 1.29 is 0 Å². The lowest BCUT2D eigenvalue weighted by Crippen LogP contribution is -1.75. The summed E-state index contributed by atoms with van der Waals surface area (Å²) in [6, 6.07) is 0. The second kappa shape index (κ2) is 4.63. The van der Waals surface area contributed by atoms with Crippen LogP contribution in [0.1, 0.15) is 26.2 Å². The monoisotopic (exact) mass is 110 g/mol. The maximum absolute atomic E-state index is 3.86. The summed E-state index contributed by atoms with van der Waals surface area (Å²) in [5, 5.41) is 0. The van der Waals surface area contributed by atoms with Crippen molar-refractivity contribution in [2.45, 2.75) is 26.2 Å². The van der Waals surface area contributed by atoms with Crippen LogP contribution in [0, 0.1) is 0 Å². The van der Waals surface area contributed by atoms with Crippen LogP contribution in [0.4, 0.5) is 0 Å². The molecule has 0 aliphatic rings. The Labute approximate surface area is 51.9 Å². The Morgan fingerprint density at radius 2 is 2.25 bits per heavy atom. The summed E-state index contributed by atoms with van der Waals surface area (Å²) in [5.74, 6) is 0. The van der Waals surface area contributed by atoms with E-state index in [1.165, 1.54) is 12.0 Å². The molecular weight excluding hydrogens is 96.1 g/mol. The van der Waals surface area contributed by atoms with E-state index in [-0.39, 0.29) is 0 Å². The maximum Gasteiger partial charge on any atom is -0.0144 e. The fourth-order valence-electron chi connectivity index (χ4n) is 0.660. The van der Waals surface area contributed by atoms with Gasteiger partial charge in [-0.3, -0.25) is 0 Å². The molecule has 0 aliphatic carbocycles. The van der Waals surface area contributed by atoms with Crippen molar-refractivity contribution in [3.63, 3.8) is 0 Å². The maximum atomic E-state index is 3.86. The van der Waals surface area contributed by atoms with E-state index in [2.05, 4.69) is 20.1 Å². The molecule has 0 fully saturated rings. The number of rotatable bonds is 4. The smallest absolute Gasteiger partial charge is 0.0144 e. The summed E-state index contributed by atoms with van der Waals surface area (Å²) in [7, 11) is 0. The van der Waals surface area contributed by atoms with Crippen molar-refractivity contribution >= 4 is 0 Å². The molecule has 0 N–H and O–H groups in total. The van der Waals surface area contributed by atoms with Gasteiger partial charge < -0.3 is 0 Å². The summed E-state index contributed by atoms with van der Waals surface area (Å²) in [5.41, 5.74) is 1.29. The molecule has 0 aromatic carbocycles. The number of hydrogen-bond acceptors (Lipinski definition) is 0. The molecule has 0 amide bonds. The van der Waals surface area contributed by atoms with Gasteiger partial charge in [0.2, 0.25) is 0 Å². The predicted molar refractivity (Wildman–Crippen MR) is 38.9 cm³/mol. The molecule has 0 spiro atoms. The van der Waals surface area contributed by atoms with Gasteiger partial charge >= 0.3 is 0 Å². The van der Waals surface area contributed by atoms with Gasteiger partial charge in [-0.15, -0.1) is 6.58 Å². The fourth-order valence-corrected chi connectivity index (χ4v) is 0.660. The Morgan fingerprint density at radius 1 is 1.62 bits per heavy atom. The van der Waals surface area contributed by atoms with E-state index in [4.69, 9.17) is 0 Å². The van der Waals surface area contributed by atoms with Crippen molar-refractivity contribution in [3.8, 4) is 0 Å². The molecule has 0 unspecified atom stereocenters. The Bertz CT molecular complexity index is 80.0. The molecule has 0 bridgehead atoms. The largest absolute Gasteiger partial charge is 0.103 e. The lowest BCUT2D eigenvalue weighted by Gasteiger charge is -1.95. The average Bonchev–Trinajstić information content (AvgIpc) is 1.68. The quantitative estimate of drug-likeness (QED) is 0.488. The van der Waals surface area contributed by atoms with E-state index in [9.17, 15) is 0 Å². The minimum Gasteiger partial charge on any atom is -0.103 e. The third kappa shape index (κ3) is 3.66. The molecule has 0 nitrogen and oxygen atoms in total. The van der Waals surface area contributed by atoms with Gasteiger partial charge in [-0.05, 0) is 12.8 Å². The van der Waals surface area contributed by atoms with Crippen LogP contribution in [-0.4, -0.2) is 0 Å². The zero-order valence-corrected chi connectivity index (χ0v) is 5.61. The van der Waals surface area contributed by atoms with Gasteiger partial charge in [0.15, 0.2) is 0 Å². The van der Waals surface area contributed by atoms with Gasteiger partial charge in [0.25, 0.3) is 0 Å². The Hall–Kier alpha value is -0.520. The molecule has 0 aliphatic heterocycles. The molecule has 0 aromatic heterocycles. The highest BCUT2D eigenvalue weighted by molar-refractivity contribution is 4.99. The number of hydrogen-bond donors (Lipinski definition) is 0. The molecular formula is C8H14. The molecule has 46 valence electrons. The average molecular weight is 110 g/mol. The lowest BCUT2D eigenvalue weighted by molar-refractivity contribution is 0.885. The summed E-state index contributed by atoms with van der Waals surface area (Å²) >= 11 is 0. The minimum absolute atomic E-state index is 0.980. The molecule has 0 saturated carbocycles. The first-order valence-electron chi connectivity index (χ1n) is 3.08. The molecule has 0 rings (SSSR count). The van der Waals surface area contributed by atoms with Crippen LogP contribution < -0.4 is 0 Å². The van der Waals surface area contributed by atoms with Crippen LogP contribution in [0.5, 0.6) is 0 Å². The second-order valence-corrected chi connectivity index (χ2v) is 1.99. The Morgan fingerprint density at radius 3 is 2.62 bits per heavy atom. The molecule has 0 atom stereocenters. The number of allylic oxidation sites excluding steroid dienone is 2. The molecule has 0 radical (unpaired) electrons. The molecule has 8 heavy (non-hydrogen) atoms. The van der Waals surface area contributed by atoms with Crippen molar-refractivity contribution in [2.24, 2.45) is 0 Å². The van der Waals surface area contributed by atoms with Crippen molar-refractivity contribution in [1.29, 1.82) is 0 Å². The topological polar surface area (TPSA) is 0 Å². The van der Waals surface area contributed by atoms with E-state index in [0.29, 0.717) is 0 Å². The van der Waals surface area contributed by atoms with Crippen molar-refractivity contribution in [1.82, 2.24) is 0 Å². The highest BCUT2D eigenvalue weighted by atomic mass is 13.9. The van der Waals surface area contributed by atoms with Gasteiger partial charge in [-0.2, -0.15) is 0 Å². The summed E-state index contributed by atoms with van der Waals surface area (Å²) < 4.78 is 0. The third-order valence-corrected chi connectivity index (χ3v) is 1.04. The highest BCUT2D eigenvalue weighted by Crippen LogP contribution is 2.05. The SMILES string of the molecule is C=CCC(=C)CCC. The first-order valence-corrected chi connectivity index (χ1v) is 3.08. The summed E-state index contributed by atoms with van der Waals surface area (Å²) in [6.45, 7) is 9.65. The van der Waals surface area contributed by atoms with Crippen LogP contribution in [0.15, 0.2) is 24.8 Å². The molecule has 0 heteroatoms. The minimum atomic E-state index is 0.980. The van der Waals surface area contributed by atoms with Gasteiger partial charge in [-0.1, -0.05) is 31.6 Å². The first kappa shape index (κ1) is 7.48. The normalized spacial score (nSPS) is 8.62. The van der Waals surface area contributed by atoms with Gasteiger partial charge in [0.1, 0.15) is 0 Å². The van der Waals surface area contributed by atoms with Crippen molar-refractivity contribution in [2.75, 3.05) is 0 Å². The van der Waals surface area contributed by atoms with Crippen LogP contribution in [-0.2, 0) is 0 Å². The second-order valence-electron chi connectivity index (χ2n) is 1.99. The summed E-state index contributed by atoms with van der Waals surface area (Å²) in [6.07, 6.45) is 5.23. The van der Waals surface area contributed by atoms with E-state index < -0.39 is 0 Å². The van der Waals surface area contributed by atoms with E-state index in [1.54, 1.807) is 0 Å². The van der Waals surface area contributed by atoms with E-state index in [1.807, 2.05) is 6.08 Å². The summed E-state index contributed by atoms with van der Waals surface area (Å²) in [4.78, 5) is 0.